The number of amides is 1. The van der Waals surface area contributed by atoms with Crippen LogP contribution in [0.2, 0.25) is 0 Å². The van der Waals surface area contributed by atoms with Crippen LogP contribution in [-0.2, 0) is 11.3 Å². The molecule has 6 nitrogen and oxygen atoms in total. The number of benzene rings is 1. The van der Waals surface area contributed by atoms with Gasteiger partial charge < -0.3 is 24.4 Å². The van der Waals surface area contributed by atoms with Crippen LogP contribution >= 0.6 is 0 Å². The number of carbonyl (C=O) groups is 1. The molecule has 0 aromatic heterocycles. The summed E-state index contributed by atoms with van der Waals surface area (Å²) in [4.78, 5) is 13.1. The number of nitrogens with zero attached hydrogens (tertiary/aromatic N) is 1. The molecule has 1 aromatic carbocycles. The van der Waals surface area contributed by atoms with E-state index in [0.29, 0.717) is 50.0 Å². The predicted octanol–water partition coefficient (Wildman–Crippen LogP) is 1.03. The third-order valence-corrected chi connectivity index (χ3v) is 3.23. The van der Waals surface area contributed by atoms with Crippen LogP contribution in [0.4, 0.5) is 0 Å². The summed E-state index contributed by atoms with van der Waals surface area (Å²) in [5.41, 5.74) is 1.04. The van der Waals surface area contributed by atoms with Crippen molar-refractivity contribution in [3.63, 3.8) is 0 Å². The molecule has 1 amide bonds. The number of hydrogen-bond donors (Lipinski definition) is 1. The van der Waals surface area contributed by atoms with Crippen LogP contribution in [0.15, 0.2) is 12.1 Å². The molecule has 0 bridgehead atoms. The van der Waals surface area contributed by atoms with Gasteiger partial charge in [-0.25, -0.2) is 0 Å². The van der Waals surface area contributed by atoms with Crippen LogP contribution in [0.5, 0.6) is 17.2 Å². The minimum Gasteiger partial charge on any atom is -0.493 e. The van der Waals surface area contributed by atoms with Crippen molar-refractivity contribution in [2.45, 2.75) is 13.0 Å². The summed E-state index contributed by atoms with van der Waals surface area (Å²) < 4.78 is 16.5. The van der Waals surface area contributed by atoms with Crippen molar-refractivity contribution in [1.29, 1.82) is 0 Å². The van der Waals surface area contributed by atoms with Crippen molar-refractivity contribution in [2.24, 2.45) is 0 Å². The molecule has 1 aliphatic heterocycles. The van der Waals surface area contributed by atoms with E-state index in [1.165, 1.54) is 0 Å². The fraction of sp³-hybridized carbons (Fsp3) is 0.533. The first-order valence-electron chi connectivity index (χ1n) is 6.99. The minimum absolute atomic E-state index is 0.113. The van der Waals surface area contributed by atoms with E-state index in [0.717, 1.165) is 5.56 Å². The number of methoxy groups -OCH3 is 1. The molecule has 0 saturated heterocycles. The summed E-state index contributed by atoms with van der Waals surface area (Å²) in [5.74, 6) is 2.16. The second-order valence-corrected chi connectivity index (χ2v) is 5.04. The van der Waals surface area contributed by atoms with E-state index in [4.69, 9.17) is 14.2 Å². The maximum atomic E-state index is 11.5. The molecule has 0 fully saturated rings. The lowest BCUT2D eigenvalue weighted by atomic mass is 10.1. The average Bonchev–Trinajstić information content (AvgIpc) is 2.50. The highest BCUT2D eigenvalue weighted by molar-refractivity contribution is 5.75. The van der Waals surface area contributed by atoms with Crippen molar-refractivity contribution in [1.82, 2.24) is 10.2 Å². The lowest BCUT2D eigenvalue weighted by molar-refractivity contribution is -0.128. The van der Waals surface area contributed by atoms with Gasteiger partial charge in [-0.15, -0.1) is 0 Å². The Hall–Kier alpha value is -1.95. The molecule has 0 aliphatic carbocycles. The van der Waals surface area contributed by atoms with Gasteiger partial charge in [-0.3, -0.25) is 4.79 Å². The summed E-state index contributed by atoms with van der Waals surface area (Å²) in [6.45, 7) is 2.36. The first kappa shape index (κ1) is 15.4. The second-order valence-electron chi connectivity index (χ2n) is 5.04. The van der Waals surface area contributed by atoms with Crippen molar-refractivity contribution in [2.75, 3.05) is 41.0 Å². The summed E-state index contributed by atoms with van der Waals surface area (Å²) in [5, 5.41) is 3.25. The summed E-state index contributed by atoms with van der Waals surface area (Å²) >= 11 is 0. The molecule has 6 heteroatoms. The maximum absolute atomic E-state index is 11.5. The number of ether oxygens (including phenoxy) is 3. The van der Waals surface area contributed by atoms with E-state index >= 15 is 0 Å². The van der Waals surface area contributed by atoms with E-state index in [9.17, 15) is 4.79 Å². The molecular weight excluding hydrogens is 272 g/mol. The van der Waals surface area contributed by atoms with Crippen LogP contribution in [0, 0.1) is 0 Å². The quantitative estimate of drug-likeness (QED) is 0.794. The summed E-state index contributed by atoms with van der Waals surface area (Å²) in [6, 6.07) is 3.87. The SMILES string of the molecule is COc1cc(CNCCC(=O)N(C)C)cc2c1OCCO2. The van der Waals surface area contributed by atoms with Gasteiger partial charge in [0.15, 0.2) is 11.5 Å². The Bertz CT molecular complexity index is 485. The third kappa shape index (κ3) is 4.01. The Labute approximate surface area is 125 Å². The number of hydrogen-bond acceptors (Lipinski definition) is 5. The number of carbonyl (C=O) groups excluding carboxylic acids is 1. The molecule has 116 valence electrons. The fourth-order valence-electron chi connectivity index (χ4n) is 2.08. The van der Waals surface area contributed by atoms with Crippen molar-refractivity contribution in [3.05, 3.63) is 17.7 Å². The van der Waals surface area contributed by atoms with E-state index in [1.807, 2.05) is 12.1 Å². The van der Waals surface area contributed by atoms with Crippen LogP contribution in [0.25, 0.3) is 0 Å². The van der Waals surface area contributed by atoms with Crippen LogP contribution < -0.4 is 19.5 Å². The van der Waals surface area contributed by atoms with E-state index < -0.39 is 0 Å². The molecule has 0 atom stereocenters. The largest absolute Gasteiger partial charge is 0.493 e. The first-order valence-corrected chi connectivity index (χ1v) is 6.99. The van der Waals surface area contributed by atoms with Gasteiger partial charge in [0, 0.05) is 33.6 Å². The first-order chi connectivity index (χ1) is 10.1. The molecule has 0 spiro atoms. The van der Waals surface area contributed by atoms with Gasteiger partial charge >= 0.3 is 0 Å². The molecule has 1 heterocycles. The number of rotatable bonds is 6. The number of fused-ring (bicyclic) bond motifs is 1. The van der Waals surface area contributed by atoms with Gasteiger partial charge in [0.25, 0.3) is 0 Å². The molecule has 0 saturated carbocycles. The zero-order valence-electron chi connectivity index (χ0n) is 12.8. The minimum atomic E-state index is 0.113. The summed E-state index contributed by atoms with van der Waals surface area (Å²) in [6.07, 6.45) is 0.481. The standard InChI is InChI=1S/C15H22N2O4/c1-17(2)14(18)4-5-16-10-11-8-12(19-3)15-13(9-11)20-6-7-21-15/h8-9,16H,4-7,10H2,1-3H3. The normalized spacial score (nSPS) is 12.9. The Morgan fingerprint density at radius 3 is 2.81 bits per heavy atom. The molecule has 21 heavy (non-hydrogen) atoms. The van der Waals surface area contributed by atoms with E-state index in [-0.39, 0.29) is 5.91 Å². The van der Waals surface area contributed by atoms with Gasteiger partial charge in [-0.1, -0.05) is 0 Å². The lowest BCUT2D eigenvalue weighted by Gasteiger charge is -2.21. The molecular formula is C15H22N2O4. The Morgan fingerprint density at radius 2 is 2.10 bits per heavy atom. The van der Waals surface area contributed by atoms with Gasteiger partial charge in [0.2, 0.25) is 11.7 Å². The smallest absolute Gasteiger partial charge is 0.223 e. The zero-order valence-corrected chi connectivity index (χ0v) is 12.8. The maximum Gasteiger partial charge on any atom is 0.223 e. The highest BCUT2D eigenvalue weighted by Gasteiger charge is 2.18. The van der Waals surface area contributed by atoms with Crippen LogP contribution in [-0.4, -0.2) is 51.8 Å². The average molecular weight is 294 g/mol. The fourth-order valence-corrected chi connectivity index (χ4v) is 2.08. The Balaban J connectivity index is 1.93. The molecule has 2 rings (SSSR count). The highest BCUT2D eigenvalue weighted by atomic mass is 16.6. The summed E-state index contributed by atoms with van der Waals surface area (Å²) in [7, 11) is 5.13. The third-order valence-electron chi connectivity index (χ3n) is 3.23. The lowest BCUT2D eigenvalue weighted by Crippen LogP contribution is -2.26. The van der Waals surface area contributed by atoms with Crippen LogP contribution in [0.1, 0.15) is 12.0 Å². The highest BCUT2D eigenvalue weighted by Crippen LogP contribution is 2.40. The molecule has 1 aromatic rings. The van der Waals surface area contributed by atoms with E-state index in [1.54, 1.807) is 26.1 Å². The molecule has 0 unspecified atom stereocenters. The van der Waals surface area contributed by atoms with Crippen molar-refractivity contribution < 1.29 is 19.0 Å². The van der Waals surface area contributed by atoms with E-state index in [2.05, 4.69) is 5.32 Å². The topological polar surface area (TPSA) is 60.0 Å². The molecule has 1 N–H and O–H groups in total. The Morgan fingerprint density at radius 1 is 1.33 bits per heavy atom. The zero-order chi connectivity index (χ0) is 15.2. The van der Waals surface area contributed by atoms with Crippen molar-refractivity contribution >= 4 is 5.91 Å². The Kier molecular flexibility index (Phi) is 5.27. The van der Waals surface area contributed by atoms with Gasteiger partial charge in [0.05, 0.1) is 7.11 Å². The number of nitrogens with one attached hydrogen (secondary N) is 1. The van der Waals surface area contributed by atoms with Gasteiger partial charge in [-0.2, -0.15) is 0 Å². The predicted molar refractivity (Wildman–Crippen MR) is 79.0 cm³/mol. The molecule has 0 radical (unpaired) electrons. The van der Waals surface area contributed by atoms with Crippen molar-refractivity contribution in [3.8, 4) is 17.2 Å². The van der Waals surface area contributed by atoms with Gasteiger partial charge in [-0.05, 0) is 17.7 Å². The van der Waals surface area contributed by atoms with Crippen LogP contribution in [0.3, 0.4) is 0 Å². The monoisotopic (exact) mass is 294 g/mol. The molecule has 1 aliphatic rings. The van der Waals surface area contributed by atoms with Gasteiger partial charge in [0.1, 0.15) is 13.2 Å². The second kappa shape index (κ2) is 7.17.